The Kier molecular flexibility index (Phi) is 5.14. The standard InChI is InChI=1S/C15H16ClNOS/c1-18-13-4-2-3-11(9-13)15(17)10-19-14-7-5-12(16)6-8-14/h2-9,15H,10,17H2,1H3. The van der Waals surface area contributed by atoms with E-state index in [4.69, 9.17) is 22.1 Å². The zero-order valence-electron chi connectivity index (χ0n) is 10.7. The van der Waals surface area contributed by atoms with Crippen LogP contribution in [0.3, 0.4) is 0 Å². The molecule has 0 aromatic heterocycles. The summed E-state index contributed by atoms with van der Waals surface area (Å²) in [7, 11) is 1.66. The summed E-state index contributed by atoms with van der Waals surface area (Å²) in [5.41, 5.74) is 7.28. The summed E-state index contributed by atoms with van der Waals surface area (Å²) in [6, 6.07) is 15.7. The highest BCUT2D eigenvalue weighted by atomic mass is 35.5. The Morgan fingerprint density at radius 3 is 2.63 bits per heavy atom. The van der Waals surface area contributed by atoms with Crippen molar-refractivity contribution in [2.45, 2.75) is 10.9 Å². The lowest BCUT2D eigenvalue weighted by Gasteiger charge is -2.12. The average molecular weight is 294 g/mol. The van der Waals surface area contributed by atoms with Crippen molar-refractivity contribution < 1.29 is 4.74 Å². The molecule has 2 nitrogen and oxygen atoms in total. The lowest BCUT2D eigenvalue weighted by atomic mass is 10.1. The fourth-order valence-corrected chi connectivity index (χ4v) is 2.70. The minimum atomic E-state index is -0.0178. The number of hydrogen-bond acceptors (Lipinski definition) is 3. The van der Waals surface area contributed by atoms with E-state index in [1.165, 1.54) is 4.90 Å². The highest BCUT2D eigenvalue weighted by Crippen LogP contribution is 2.26. The van der Waals surface area contributed by atoms with Crippen LogP contribution in [0.4, 0.5) is 0 Å². The number of rotatable bonds is 5. The molecule has 1 unspecified atom stereocenters. The van der Waals surface area contributed by atoms with Gasteiger partial charge in [-0.1, -0.05) is 23.7 Å². The van der Waals surface area contributed by atoms with Gasteiger partial charge in [0.2, 0.25) is 0 Å². The van der Waals surface area contributed by atoms with Gasteiger partial charge in [-0.2, -0.15) is 0 Å². The number of hydrogen-bond donors (Lipinski definition) is 1. The van der Waals surface area contributed by atoms with Crippen LogP contribution in [0.1, 0.15) is 11.6 Å². The van der Waals surface area contributed by atoms with Gasteiger partial charge in [0.1, 0.15) is 5.75 Å². The van der Waals surface area contributed by atoms with Gasteiger partial charge < -0.3 is 10.5 Å². The van der Waals surface area contributed by atoms with Gasteiger partial charge >= 0.3 is 0 Å². The van der Waals surface area contributed by atoms with E-state index in [9.17, 15) is 0 Å². The molecule has 0 heterocycles. The van der Waals surface area contributed by atoms with Crippen molar-refractivity contribution in [2.75, 3.05) is 12.9 Å². The van der Waals surface area contributed by atoms with E-state index < -0.39 is 0 Å². The molecule has 0 fully saturated rings. The van der Waals surface area contributed by atoms with Gasteiger partial charge in [0, 0.05) is 21.7 Å². The molecule has 4 heteroatoms. The maximum atomic E-state index is 6.19. The molecule has 19 heavy (non-hydrogen) atoms. The fourth-order valence-electron chi connectivity index (χ4n) is 1.69. The maximum absolute atomic E-state index is 6.19. The maximum Gasteiger partial charge on any atom is 0.119 e. The summed E-state index contributed by atoms with van der Waals surface area (Å²) in [5.74, 6) is 1.65. The third-order valence-electron chi connectivity index (χ3n) is 2.77. The molecule has 0 aliphatic heterocycles. The summed E-state index contributed by atoms with van der Waals surface area (Å²) in [6.07, 6.45) is 0. The number of methoxy groups -OCH3 is 1. The normalized spacial score (nSPS) is 12.2. The second-order valence-corrected chi connectivity index (χ2v) is 5.68. The summed E-state index contributed by atoms with van der Waals surface area (Å²) >= 11 is 7.58. The lowest BCUT2D eigenvalue weighted by molar-refractivity contribution is 0.414. The van der Waals surface area contributed by atoms with Crippen LogP contribution < -0.4 is 10.5 Å². The van der Waals surface area contributed by atoms with Crippen LogP contribution in [0.2, 0.25) is 5.02 Å². The van der Waals surface area contributed by atoms with Gasteiger partial charge in [-0.25, -0.2) is 0 Å². The number of halogens is 1. The van der Waals surface area contributed by atoms with E-state index in [-0.39, 0.29) is 6.04 Å². The van der Waals surface area contributed by atoms with Crippen molar-refractivity contribution >= 4 is 23.4 Å². The van der Waals surface area contributed by atoms with Crippen molar-refractivity contribution in [1.82, 2.24) is 0 Å². The second-order valence-electron chi connectivity index (χ2n) is 4.15. The molecule has 0 radical (unpaired) electrons. The molecule has 100 valence electrons. The second kappa shape index (κ2) is 6.85. The Hall–Kier alpha value is -1.16. The van der Waals surface area contributed by atoms with Crippen molar-refractivity contribution in [3.8, 4) is 5.75 Å². The zero-order valence-corrected chi connectivity index (χ0v) is 12.2. The molecule has 1 atom stereocenters. The third-order valence-corrected chi connectivity index (χ3v) is 4.15. The number of nitrogens with two attached hydrogens (primary N) is 1. The van der Waals surface area contributed by atoms with Crippen molar-refractivity contribution in [3.05, 3.63) is 59.1 Å². The molecule has 0 spiro atoms. The molecule has 0 saturated carbocycles. The van der Waals surface area contributed by atoms with E-state index >= 15 is 0 Å². The first-order valence-corrected chi connectivity index (χ1v) is 7.33. The van der Waals surface area contributed by atoms with Gasteiger partial charge in [0.15, 0.2) is 0 Å². The lowest BCUT2D eigenvalue weighted by Crippen LogP contribution is -2.12. The zero-order chi connectivity index (χ0) is 13.7. The van der Waals surface area contributed by atoms with Gasteiger partial charge in [-0.15, -0.1) is 11.8 Å². The van der Waals surface area contributed by atoms with E-state index in [2.05, 4.69) is 0 Å². The first kappa shape index (κ1) is 14.3. The molecule has 0 aliphatic carbocycles. The smallest absolute Gasteiger partial charge is 0.119 e. The highest BCUT2D eigenvalue weighted by molar-refractivity contribution is 7.99. The highest BCUT2D eigenvalue weighted by Gasteiger charge is 2.07. The molecule has 0 bridgehead atoms. The Labute approximate surface area is 122 Å². The third kappa shape index (κ3) is 4.16. The van der Waals surface area contributed by atoms with Crippen LogP contribution in [0.25, 0.3) is 0 Å². The molecule has 2 rings (SSSR count). The van der Waals surface area contributed by atoms with Gasteiger partial charge in [-0.3, -0.25) is 0 Å². The average Bonchev–Trinajstić information content (AvgIpc) is 2.46. The topological polar surface area (TPSA) is 35.2 Å². The quantitative estimate of drug-likeness (QED) is 0.842. The number of thioether (sulfide) groups is 1. The van der Waals surface area contributed by atoms with E-state index in [1.54, 1.807) is 18.9 Å². The SMILES string of the molecule is COc1cccc(C(N)CSc2ccc(Cl)cc2)c1. The van der Waals surface area contributed by atoms with Crippen LogP contribution in [-0.4, -0.2) is 12.9 Å². The van der Waals surface area contributed by atoms with Crippen LogP contribution >= 0.6 is 23.4 Å². The molecule has 2 aromatic rings. The largest absolute Gasteiger partial charge is 0.497 e. The molecule has 0 saturated heterocycles. The molecular formula is C15H16ClNOS. The monoisotopic (exact) mass is 293 g/mol. The van der Waals surface area contributed by atoms with Crippen LogP contribution in [0.15, 0.2) is 53.4 Å². The molecule has 2 N–H and O–H groups in total. The van der Waals surface area contributed by atoms with Crippen molar-refractivity contribution in [3.63, 3.8) is 0 Å². The fraction of sp³-hybridized carbons (Fsp3) is 0.200. The van der Waals surface area contributed by atoms with Crippen LogP contribution in [0.5, 0.6) is 5.75 Å². The first-order valence-electron chi connectivity index (χ1n) is 5.97. The van der Waals surface area contributed by atoms with Crippen LogP contribution in [0, 0.1) is 0 Å². The van der Waals surface area contributed by atoms with E-state index in [1.807, 2.05) is 48.5 Å². The van der Waals surface area contributed by atoms with E-state index in [0.29, 0.717) is 0 Å². The first-order chi connectivity index (χ1) is 9.19. The minimum absolute atomic E-state index is 0.0178. The Morgan fingerprint density at radius 2 is 1.95 bits per heavy atom. The summed E-state index contributed by atoms with van der Waals surface area (Å²) in [6.45, 7) is 0. The predicted octanol–water partition coefficient (Wildman–Crippen LogP) is 4.14. The van der Waals surface area contributed by atoms with Gasteiger partial charge in [0.25, 0.3) is 0 Å². The summed E-state index contributed by atoms with van der Waals surface area (Å²) < 4.78 is 5.20. The summed E-state index contributed by atoms with van der Waals surface area (Å²) in [4.78, 5) is 1.17. The van der Waals surface area contributed by atoms with Gasteiger partial charge in [0.05, 0.1) is 7.11 Å². The molecule has 0 amide bonds. The predicted molar refractivity (Wildman–Crippen MR) is 82.1 cm³/mol. The Bertz CT molecular complexity index is 530. The molecule has 0 aliphatic rings. The van der Waals surface area contributed by atoms with E-state index in [0.717, 1.165) is 22.1 Å². The molecule has 2 aromatic carbocycles. The Morgan fingerprint density at radius 1 is 1.21 bits per heavy atom. The summed E-state index contributed by atoms with van der Waals surface area (Å²) in [5, 5.41) is 0.751. The van der Waals surface area contributed by atoms with Crippen molar-refractivity contribution in [2.24, 2.45) is 5.73 Å². The van der Waals surface area contributed by atoms with Gasteiger partial charge in [-0.05, 0) is 42.0 Å². The Balaban J connectivity index is 1.96. The number of ether oxygens (including phenoxy) is 1. The molecular weight excluding hydrogens is 278 g/mol. The van der Waals surface area contributed by atoms with Crippen molar-refractivity contribution in [1.29, 1.82) is 0 Å². The van der Waals surface area contributed by atoms with Crippen LogP contribution in [-0.2, 0) is 0 Å². The minimum Gasteiger partial charge on any atom is -0.497 e. The number of benzene rings is 2.